The van der Waals surface area contributed by atoms with E-state index >= 15 is 0 Å². The van der Waals surface area contributed by atoms with E-state index in [-0.39, 0.29) is 29.7 Å². The molecule has 1 spiro atoms. The van der Waals surface area contributed by atoms with Crippen LogP contribution in [0.4, 0.5) is 5.69 Å². The molecule has 1 atom stereocenters. The highest BCUT2D eigenvalue weighted by atomic mass is 35.5. The molecule has 1 saturated heterocycles. The molecular weight excluding hydrogens is 532 g/mol. The molecule has 8 nitrogen and oxygen atoms in total. The molecule has 1 N–H and O–H groups in total. The van der Waals surface area contributed by atoms with Crippen LogP contribution in [0.3, 0.4) is 0 Å². The molecule has 0 aliphatic carbocycles. The Hall–Kier alpha value is -2.79. The summed E-state index contributed by atoms with van der Waals surface area (Å²) in [4.78, 5) is 33.3. The molecule has 3 heterocycles. The number of rotatable bonds is 7. The molecule has 37 heavy (non-hydrogen) atoms. The summed E-state index contributed by atoms with van der Waals surface area (Å²) >= 11 is 7.25. The Morgan fingerprint density at radius 1 is 1.16 bits per heavy atom. The summed E-state index contributed by atoms with van der Waals surface area (Å²) < 4.78 is 29.6. The smallest absolute Gasteiger partial charge is 0.240 e. The second kappa shape index (κ2) is 10.2. The minimum atomic E-state index is -3.77. The molecule has 2 aromatic carbocycles. The van der Waals surface area contributed by atoms with Gasteiger partial charge in [-0.25, -0.2) is 18.1 Å². The van der Waals surface area contributed by atoms with Gasteiger partial charge in [-0.05, 0) is 42.2 Å². The first kappa shape index (κ1) is 25.8. The number of sulfonamides is 1. The summed E-state index contributed by atoms with van der Waals surface area (Å²) in [6, 6.07) is 14.6. The van der Waals surface area contributed by atoms with Crippen LogP contribution in [0.25, 0.3) is 0 Å². The predicted octanol–water partition coefficient (Wildman–Crippen LogP) is 3.40. The average molecular weight is 559 g/mol. The zero-order valence-electron chi connectivity index (χ0n) is 20.3. The van der Waals surface area contributed by atoms with Crippen LogP contribution >= 0.6 is 22.9 Å². The molecule has 5 rings (SSSR count). The molecule has 0 bridgehead atoms. The lowest BCUT2D eigenvalue weighted by Gasteiger charge is -2.25. The van der Waals surface area contributed by atoms with Crippen LogP contribution in [0.2, 0.25) is 4.34 Å². The molecule has 3 aromatic rings. The van der Waals surface area contributed by atoms with E-state index in [2.05, 4.69) is 9.71 Å². The Morgan fingerprint density at radius 3 is 2.62 bits per heavy atom. The first-order chi connectivity index (χ1) is 17.7. The predicted molar refractivity (Wildman–Crippen MR) is 144 cm³/mol. The van der Waals surface area contributed by atoms with Crippen molar-refractivity contribution < 1.29 is 18.0 Å². The molecular formula is C26H27ClN4O4S2. The fourth-order valence-corrected chi connectivity index (χ4v) is 7.19. The van der Waals surface area contributed by atoms with Gasteiger partial charge < -0.3 is 9.80 Å². The number of likely N-dealkylation sites (tertiary alicyclic amines) is 1. The molecule has 2 amide bonds. The van der Waals surface area contributed by atoms with Crippen LogP contribution in [0.15, 0.2) is 59.6 Å². The van der Waals surface area contributed by atoms with Crippen molar-refractivity contribution in [2.24, 2.45) is 0 Å². The van der Waals surface area contributed by atoms with Gasteiger partial charge in [0.1, 0.15) is 9.34 Å². The summed E-state index contributed by atoms with van der Waals surface area (Å²) in [5.74, 6) is -0.172. The minimum Gasteiger partial charge on any atom is -0.342 e. The summed E-state index contributed by atoms with van der Waals surface area (Å²) in [7, 11) is -3.77. The number of carbonyl (C=O) groups is 2. The highest BCUT2D eigenvalue weighted by molar-refractivity contribution is 7.89. The van der Waals surface area contributed by atoms with E-state index < -0.39 is 15.4 Å². The fourth-order valence-electron chi connectivity index (χ4n) is 5.18. The highest BCUT2D eigenvalue weighted by Gasteiger charge is 2.49. The number of aromatic nitrogens is 1. The van der Waals surface area contributed by atoms with Crippen LogP contribution in [0.5, 0.6) is 0 Å². The standard InChI is InChI=1S/C26H27ClN4O4S2/c1-18(32)30-12-10-26(16-30)17-31(25(33)14-24-28-15-23(27)36-24)22-8-7-20(13-21(22)26)37(34,35)29-11-9-19-5-3-2-4-6-19/h2-8,13,15,29H,9-12,14,16-17H2,1H3. The largest absolute Gasteiger partial charge is 0.342 e. The van der Waals surface area contributed by atoms with Crippen LogP contribution in [0.1, 0.15) is 29.5 Å². The summed E-state index contributed by atoms with van der Waals surface area (Å²) in [5.41, 5.74) is 1.99. The normalized spacial score (nSPS) is 19.0. The molecule has 1 aromatic heterocycles. The van der Waals surface area contributed by atoms with Crippen molar-refractivity contribution in [3.05, 3.63) is 75.2 Å². The van der Waals surface area contributed by atoms with Gasteiger partial charge in [0.15, 0.2) is 0 Å². The number of benzene rings is 2. The number of hydrogen-bond acceptors (Lipinski definition) is 6. The van der Waals surface area contributed by atoms with Gasteiger partial charge in [-0.1, -0.05) is 41.9 Å². The second-order valence-electron chi connectivity index (χ2n) is 9.50. The molecule has 11 heteroatoms. The van der Waals surface area contributed by atoms with Gasteiger partial charge in [0.05, 0.1) is 17.5 Å². The van der Waals surface area contributed by atoms with Crippen molar-refractivity contribution in [1.82, 2.24) is 14.6 Å². The molecule has 1 unspecified atom stereocenters. The van der Waals surface area contributed by atoms with Gasteiger partial charge in [-0.15, -0.1) is 11.3 Å². The SMILES string of the molecule is CC(=O)N1CCC2(C1)CN(C(=O)Cc1ncc(Cl)s1)c1ccc(S(=O)(=O)NCCc3ccccc3)cc12. The molecule has 2 aliphatic heterocycles. The van der Waals surface area contributed by atoms with E-state index in [0.29, 0.717) is 47.5 Å². The van der Waals surface area contributed by atoms with Crippen LogP contribution < -0.4 is 9.62 Å². The number of nitrogens with zero attached hydrogens (tertiary/aromatic N) is 3. The Labute approximate surface area is 225 Å². The zero-order valence-corrected chi connectivity index (χ0v) is 22.7. The van der Waals surface area contributed by atoms with Crippen molar-refractivity contribution in [2.45, 2.75) is 36.5 Å². The molecule has 194 valence electrons. The van der Waals surface area contributed by atoms with Crippen LogP contribution in [-0.2, 0) is 37.9 Å². The fraction of sp³-hybridized carbons (Fsp3) is 0.346. The molecule has 0 saturated carbocycles. The van der Waals surface area contributed by atoms with Crippen LogP contribution in [0, 0.1) is 0 Å². The van der Waals surface area contributed by atoms with Crippen LogP contribution in [-0.4, -0.2) is 56.3 Å². The van der Waals surface area contributed by atoms with E-state index in [1.54, 1.807) is 28.0 Å². The zero-order chi connectivity index (χ0) is 26.2. The summed E-state index contributed by atoms with van der Waals surface area (Å²) in [6.07, 6.45) is 2.85. The van der Waals surface area contributed by atoms with Gasteiger partial charge in [0.2, 0.25) is 21.8 Å². The van der Waals surface area contributed by atoms with Gasteiger partial charge in [-0.3, -0.25) is 9.59 Å². The van der Waals surface area contributed by atoms with E-state index in [0.717, 1.165) is 11.1 Å². The Balaban J connectivity index is 1.42. The number of fused-ring (bicyclic) bond motifs is 2. The monoisotopic (exact) mass is 558 g/mol. The maximum Gasteiger partial charge on any atom is 0.240 e. The van der Waals surface area contributed by atoms with Gasteiger partial charge in [0, 0.05) is 44.2 Å². The maximum absolute atomic E-state index is 13.3. The molecule has 2 aliphatic rings. The number of nitrogens with one attached hydrogen (secondary N) is 1. The number of thiazole rings is 1. The van der Waals surface area contributed by atoms with Crippen molar-refractivity contribution in [3.8, 4) is 0 Å². The van der Waals surface area contributed by atoms with E-state index in [9.17, 15) is 18.0 Å². The first-order valence-electron chi connectivity index (χ1n) is 12.0. The van der Waals surface area contributed by atoms with Gasteiger partial charge in [0.25, 0.3) is 0 Å². The van der Waals surface area contributed by atoms with Crippen molar-refractivity contribution in [3.63, 3.8) is 0 Å². The molecule has 0 radical (unpaired) electrons. The minimum absolute atomic E-state index is 0.0352. The lowest BCUT2D eigenvalue weighted by atomic mass is 9.81. The average Bonchev–Trinajstić information content (AvgIpc) is 3.58. The number of halogens is 1. The number of hydrogen-bond donors (Lipinski definition) is 1. The quantitative estimate of drug-likeness (QED) is 0.479. The van der Waals surface area contributed by atoms with Crippen molar-refractivity contribution in [1.29, 1.82) is 0 Å². The van der Waals surface area contributed by atoms with Crippen molar-refractivity contribution in [2.75, 3.05) is 31.1 Å². The van der Waals surface area contributed by atoms with E-state index in [1.807, 2.05) is 30.3 Å². The Bertz CT molecular complexity index is 1440. The third-order valence-electron chi connectivity index (χ3n) is 7.08. The summed E-state index contributed by atoms with van der Waals surface area (Å²) in [5, 5.41) is 0.621. The lowest BCUT2D eigenvalue weighted by molar-refractivity contribution is -0.127. The van der Waals surface area contributed by atoms with Gasteiger partial charge >= 0.3 is 0 Å². The van der Waals surface area contributed by atoms with Crippen molar-refractivity contribution >= 4 is 50.5 Å². The third-order valence-corrected chi connectivity index (χ3v) is 9.65. The third kappa shape index (κ3) is 5.29. The first-order valence-corrected chi connectivity index (χ1v) is 14.7. The molecule has 1 fully saturated rings. The second-order valence-corrected chi connectivity index (χ2v) is 13.0. The lowest BCUT2D eigenvalue weighted by Crippen LogP contribution is -2.40. The summed E-state index contributed by atoms with van der Waals surface area (Å²) in [6.45, 7) is 3.18. The van der Waals surface area contributed by atoms with E-state index in [1.165, 1.54) is 24.5 Å². The van der Waals surface area contributed by atoms with Gasteiger partial charge in [-0.2, -0.15) is 0 Å². The number of anilines is 1. The maximum atomic E-state index is 13.3. The Morgan fingerprint density at radius 2 is 1.95 bits per heavy atom. The highest BCUT2D eigenvalue weighted by Crippen LogP contribution is 2.47. The topological polar surface area (TPSA) is 99.7 Å². The number of carbonyl (C=O) groups excluding carboxylic acids is 2. The number of amides is 2. The van der Waals surface area contributed by atoms with E-state index in [4.69, 9.17) is 11.6 Å². The Kier molecular flexibility index (Phi) is 7.10.